The lowest BCUT2D eigenvalue weighted by Crippen LogP contribution is -2.49. The van der Waals surface area contributed by atoms with Crippen LogP contribution in [0, 0.1) is 11.2 Å². The van der Waals surface area contributed by atoms with Crippen molar-refractivity contribution < 1.29 is 23.5 Å². The molecular weight excluding hydrogens is 497 g/mol. The van der Waals surface area contributed by atoms with Gasteiger partial charge in [0.2, 0.25) is 11.8 Å². The zero-order valence-electron chi connectivity index (χ0n) is 17.7. The molecule has 0 aromatic heterocycles. The number of nitrogens with two attached hydrogens (primary N) is 1. The van der Waals surface area contributed by atoms with Gasteiger partial charge >= 0.3 is 0 Å². The van der Waals surface area contributed by atoms with Crippen LogP contribution in [0.1, 0.15) is 12.0 Å². The maximum Gasteiger partial charge on any atom is 0.267 e. The lowest BCUT2D eigenvalue weighted by atomic mass is 10.1. The van der Waals surface area contributed by atoms with Gasteiger partial charge in [0, 0.05) is 24.9 Å². The van der Waals surface area contributed by atoms with E-state index in [1.807, 2.05) is 0 Å². The Morgan fingerprint density at radius 2 is 1.91 bits per heavy atom. The number of para-hydroxylation sites is 1. The number of nitrogens with one attached hydrogen (secondary N) is 3. The van der Waals surface area contributed by atoms with Crippen LogP contribution in [0.5, 0.6) is 0 Å². The van der Waals surface area contributed by atoms with Crippen molar-refractivity contribution >= 4 is 50.7 Å². The molecule has 5 N–H and O–H groups in total. The van der Waals surface area contributed by atoms with Crippen molar-refractivity contribution in [2.75, 3.05) is 30.8 Å². The molecule has 2 atom stereocenters. The molecule has 1 fully saturated rings. The number of primary amides is 1. The highest BCUT2D eigenvalue weighted by molar-refractivity contribution is 9.10. The minimum absolute atomic E-state index is 0.0134. The molecule has 9 nitrogen and oxygen atoms in total. The molecule has 3 rings (SSSR count). The number of amides is 3. The van der Waals surface area contributed by atoms with E-state index in [1.165, 1.54) is 24.1 Å². The first-order valence-corrected chi connectivity index (χ1v) is 10.8. The highest BCUT2D eigenvalue weighted by Gasteiger charge is 2.42. The summed E-state index contributed by atoms with van der Waals surface area (Å²) in [5.74, 6) is -2.48. The first-order valence-electron chi connectivity index (χ1n) is 10.0. The van der Waals surface area contributed by atoms with E-state index in [2.05, 4.69) is 26.6 Å². The number of likely N-dealkylation sites (tertiary alicyclic amines) is 1. The third-order valence-corrected chi connectivity index (χ3v) is 5.93. The predicted molar refractivity (Wildman–Crippen MR) is 125 cm³/mol. The van der Waals surface area contributed by atoms with Crippen LogP contribution in [0.2, 0.25) is 0 Å². The standard InChI is InChI=1S/C22H23BrFN5O4/c1-33-16-9-10-29(20(16)22(32)28-15-8-4-6-13(23)18(15)24)17(30)11-27-14-7-3-2-5-12(14)19(25)21(26)31/h2-8,16,20,25,27H,9-11H2,1H3,(H2,26,31)(H,28,32)/t16?,20-/m0/s1. The van der Waals surface area contributed by atoms with Gasteiger partial charge in [-0.1, -0.05) is 24.3 Å². The summed E-state index contributed by atoms with van der Waals surface area (Å²) in [4.78, 5) is 38.7. The summed E-state index contributed by atoms with van der Waals surface area (Å²) in [5, 5.41) is 13.3. The zero-order chi connectivity index (χ0) is 24.1. The molecular formula is C22H23BrFN5O4. The number of anilines is 2. The lowest BCUT2D eigenvalue weighted by Gasteiger charge is -2.27. The number of hydrogen-bond donors (Lipinski definition) is 4. The molecule has 0 aliphatic carbocycles. The Hall–Kier alpha value is -3.31. The Labute approximate surface area is 198 Å². The predicted octanol–water partition coefficient (Wildman–Crippen LogP) is 2.11. The highest BCUT2D eigenvalue weighted by atomic mass is 79.9. The number of hydrogen-bond acceptors (Lipinski definition) is 6. The SMILES string of the molecule is COC1CCN(C(=O)CNc2ccccc2C(=N)C(N)=O)[C@@H]1C(=O)Nc1cccc(Br)c1F. The number of nitrogens with zero attached hydrogens (tertiary/aromatic N) is 1. The van der Waals surface area contributed by atoms with Crippen molar-refractivity contribution in [2.45, 2.75) is 18.6 Å². The van der Waals surface area contributed by atoms with Gasteiger partial charge in [-0.25, -0.2) is 4.39 Å². The highest BCUT2D eigenvalue weighted by Crippen LogP contribution is 2.26. The molecule has 0 saturated carbocycles. The second-order valence-corrected chi connectivity index (χ2v) is 8.18. The smallest absolute Gasteiger partial charge is 0.267 e. The maximum absolute atomic E-state index is 14.3. The summed E-state index contributed by atoms with van der Waals surface area (Å²) < 4.78 is 19.9. The molecule has 0 bridgehead atoms. The van der Waals surface area contributed by atoms with Gasteiger partial charge in [-0.05, 0) is 40.5 Å². The van der Waals surface area contributed by atoms with Crippen molar-refractivity contribution in [3.63, 3.8) is 0 Å². The van der Waals surface area contributed by atoms with Crippen molar-refractivity contribution in [1.29, 1.82) is 5.41 Å². The van der Waals surface area contributed by atoms with Crippen LogP contribution in [0.25, 0.3) is 0 Å². The Morgan fingerprint density at radius 3 is 2.61 bits per heavy atom. The Kier molecular flexibility index (Phi) is 7.77. The average Bonchev–Trinajstić information content (AvgIpc) is 3.24. The quantitative estimate of drug-likeness (QED) is 0.395. The molecule has 1 saturated heterocycles. The van der Waals surface area contributed by atoms with E-state index in [4.69, 9.17) is 15.9 Å². The Morgan fingerprint density at radius 1 is 1.21 bits per heavy atom. The fourth-order valence-electron chi connectivity index (χ4n) is 3.67. The number of rotatable bonds is 8. The first-order chi connectivity index (χ1) is 15.7. The van der Waals surface area contributed by atoms with Crippen LogP contribution in [0.4, 0.5) is 15.8 Å². The molecule has 33 heavy (non-hydrogen) atoms. The summed E-state index contributed by atoms with van der Waals surface area (Å²) in [6.07, 6.45) is -0.121. The first kappa shape index (κ1) is 24.3. The second-order valence-electron chi connectivity index (χ2n) is 7.32. The van der Waals surface area contributed by atoms with Crippen LogP contribution in [0.15, 0.2) is 46.9 Å². The topological polar surface area (TPSA) is 138 Å². The molecule has 11 heteroatoms. The minimum Gasteiger partial charge on any atom is -0.379 e. The van der Waals surface area contributed by atoms with E-state index in [0.717, 1.165) is 0 Å². The third kappa shape index (κ3) is 5.37. The van der Waals surface area contributed by atoms with Gasteiger partial charge in [0.25, 0.3) is 5.91 Å². The van der Waals surface area contributed by atoms with Gasteiger partial charge in [0.15, 0.2) is 5.82 Å². The largest absolute Gasteiger partial charge is 0.379 e. The summed E-state index contributed by atoms with van der Waals surface area (Å²) in [6, 6.07) is 10.0. The van der Waals surface area contributed by atoms with E-state index in [1.54, 1.807) is 30.3 Å². The van der Waals surface area contributed by atoms with Gasteiger partial charge in [-0.3, -0.25) is 19.8 Å². The molecule has 1 unspecified atom stereocenters. The van der Waals surface area contributed by atoms with Crippen molar-refractivity contribution in [3.8, 4) is 0 Å². The molecule has 0 radical (unpaired) electrons. The molecule has 174 valence electrons. The van der Waals surface area contributed by atoms with E-state index in [0.29, 0.717) is 12.1 Å². The lowest BCUT2D eigenvalue weighted by molar-refractivity contribution is -0.137. The summed E-state index contributed by atoms with van der Waals surface area (Å²) in [5.41, 5.74) is 5.44. The van der Waals surface area contributed by atoms with Crippen molar-refractivity contribution in [1.82, 2.24) is 4.90 Å². The average molecular weight is 520 g/mol. The van der Waals surface area contributed by atoms with E-state index in [9.17, 15) is 18.8 Å². The number of benzene rings is 2. The summed E-state index contributed by atoms with van der Waals surface area (Å²) >= 11 is 3.08. The molecule has 0 spiro atoms. The Bertz CT molecular complexity index is 1100. The molecule has 1 heterocycles. The zero-order valence-corrected chi connectivity index (χ0v) is 19.3. The van der Waals surface area contributed by atoms with Gasteiger partial charge in [0.05, 0.1) is 22.8 Å². The summed E-state index contributed by atoms with van der Waals surface area (Å²) in [6.45, 7) is 0.0747. The van der Waals surface area contributed by atoms with Crippen molar-refractivity contribution in [3.05, 3.63) is 58.3 Å². The monoisotopic (exact) mass is 519 g/mol. The maximum atomic E-state index is 14.3. The number of ether oxygens (including phenoxy) is 1. The van der Waals surface area contributed by atoms with Gasteiger partial charge < -0.3 is 26.0 Å². The van der Waals surface area contributed by atoms with Gasteiger partial charge in [0.1, 0.15) is 11.8 Å². The second kappa shape index (κ2) is 10.5. The normalized spacial score (nSPS) is 17.5. The number of carbonyl (C=O) groups excluding carboxylic acids is 3. The van der Waals surface area contributed by atoms with Crippen LogP contribution in [0.3, 0.4) is 0 Å². The van der Waals surface area contributed by atoms with Gasteiger partial charge in [-0.2, -0.15) is 0 Å². The molecule has 1 aliphatic heterocycles. The molecule has 2 aromatic rings. The fourth-order valence-corrected chi connectivity index (χ4v) is 4.03. The van der Waals surface area contributed by atoms with Gasteiger partial charge in [-0.15, -0.1) is 0 Å². The van der Waals surface area contributed by atoms with Crippen LogP contribution >= 0.6 is 15.9 Å². The van der Waals surface area contributed by atoms with Crippen LogP contribution in [-0.2, 0) is 19.1 Å². The molecule has 3 amide bonds. The molecule has 2 aromatic carbocycles. The Balaban J connectivity index is 1.74. The van der Waals surface area contributed by atoms with E-state index >= 15 is 0 Å². The number of halogens is 2. The fraction of sp³-hybridized carbons (Fsp3) is 0.273. The number of carbonyl (C=O) groups is 3. The minimum atomic E-state index is -0.957. The summed E-state index contributed by atoms with van der Waals surface area (Å²) in [7, 11) is 1.45. The number of methoxy groups -OCH3 is 1. The van der Waals surface area contributed by atoms with E-state index < -0.39 is 35.7 Å². The van der Waals surface area contributed by atoms with Crippen LogP contribution < -0.4 is 16.4 Å². The third-order valence-electron chi connectivity index (χ3n) is 5.32. The molecule has 1 aliphatic rings. The van der Waals surface area contributed by atoms with Crippen molar-refractivity contribution in [2.24, 2.45) is 5.73 Å². The van der Waals surface area contributed by atoms with Crippen LogP contribution in [-0.4, -0.2) is 60.7 Å². The van der Waals surface area contributed by atoms with E-state index in [-0.39, 0.29) is 34.5 Å².